The van der Waals surface area contributed by atoms with Gasteiger partial charge in [-0.1, -0.05) is 46.3 Å². The van der Waals surface area contributed by atoms with Crippen LogP contribution in [0.1, 0.15) is 93.4 Å². The van der Waals surface area contributed by atoms with Crippen molar-refractivity contribution in [2.24, 2.45) is 50.2 Å². The number of esters is 2. The van der Waals surface area contributed by atoms with Crippen molar-refractivity contribution in [2.45, 2.75) is 93.4 Å². The lowest BCUT2D eigenvalue weighted by atomic mass is 9.34. The predicted molar refractivity (Wildman–Crippen MR) is 152 cm³/mol. The Morgan fingerprint density at radius 1 is 1.02 bits per heavy atom. The molecule has 0 spiro atoms. The molecule has 3 unspecified atom stereocenters. The lowest BCUT2D eigenvalue weighted by Crippen LogP contribution is -2.66. The molecule has 8 atom stereocenters. The van der Waals surface area contributed by atoms with Crippen LogP contribution >= 0.6 is 0 Å². The smallest absolute Gasteiger partial charge is 0.312 e. The molecule has 0 aromatic carbocycles. The lowest BCUT2D eigenvalue weighted by Gasteiger charge is -2.68. The Labute approximate surface area is 244 Å². The number of allylic oxidation sites excluding steroid dienone is 4. The van der Waals surface area contributed by atoms with E-state index < -0.39 is 27.6 Å². The number of methoxy groups -OCH3 is 1. The van der Waals surface area contributed by atoms with Gasteiger partial charge in [0.25, 0.3) is 0 Å². The zero-order valence-electron chi connectivity index (χ0n) is 25.9. The maximum Gasteiger partial charge on any atom is 0.312 e. The third-order valence-corrected chi connectivity index (χ3v) is 12.9. The van der Waals surface area contributed by atoms with Gasteiger partial charge >= 0.3 is 11.9 Å². The van der Waals surface area contributed by atoms with E-state index >= 15 is 0 Å². The number of carbonyl (C=O) groups excluding carboxylic acids is 4. The molecule has 0 aromatic rings. The monoisotopic (exact) mass is 563 g/mol. The summed E-state index contributed by atoms with van der Waals surface area (Å²) in [6, 6.07) is 2.12. The first-order chi connectivity index (χ1) is 19.0. The van der Waals surface area contributed by atoms with E-state index in [1.165, 1.54) is 14.0 Å². The minimum Gasteiger partial charge on any atom is -0.469 e. The van der Waals surface area contributed by atoms with Crippen molar-refractivity contribution in [1.29, 1.82) is 5.26 Å². The van der Waals surface area contributed by atoms with Crippen LogP contribution in [0.4, 0.5) is 0 Å². The number of Topliss-reactive ketones (excluding diaryl/α,β-unsaturated/α-hetero) is 1. The van der Waals surface area contributed by atoms with Crippen molar-refractivity contribution in [2.75, 3.05) is 13.7 Å². The summed E-state index contributed by atoms with van der Waals surface area (Å²) in [7, 11) is 1.46. The van der Waals surface area contributed by atoms with Crippen LogP contribution in [-0.2, 0) is 28.7 Å². The summed E-state index contributed by atoms with van der Waals surface area (Å²) >= 11 is 0. The van der Waals surface area contributed by atoms with Crippen LogP contribution in [0.25, 0.3) is 0 Å². The van der Waals surface area contributed by atoms with E-state index in [9.17, 15) is 24.4 Å². The topological polar surface area (TPSA) is 111 Å². The zero-order valence-corrected chi connectivity index (χ0v) is 25.9. The number of hydrogen-bond donors (Lipinski definition) is 0. The standard InChI is InChI=1S/C34H45NO6/c1-20(36)41-19-31(5)24-9-10-32(6)25(30(24,4)16-21(18-35)27(31)38)15-23(37)26-22-17-29(2,3)11-13-34(22,28(39)40-8)14-12-33(26,32)7/h15-16,22,24,26H,9-14,17,19H2,1-8H3/t22?,24-,26?,30+,31?,32-,33-,34+/m1/s1. The number of nitriles is 1. The highest BCUT2D eigenvalue weighted by Crippen LogP contribution is 2.74. The molecule has 0 heterocycles. The number of ether oxygens (including phenoxy) is 2. The second-order valence-electron chi connectivity index (χ2n) is 15.4. The Bertz CT molecular complexity index is 1330. The second kappa shape index (κ2) is 9.12. The van der Waals surface area contributed by atoms with E-state index in [1.54, 1.807) is 13.0 Å². The molecule has 0 radical (unpaired) electrons. The van der Waals surface area contributed by atoms with Gasteiger partial charge in [0.1, 0.15) is 12.7 Å². The molecule has 3 fully saturated rings. The Hall–Kier alpha value is -2.75. The first kappa shape index (κ1) is 29.7. The highest BCUT2D eigenvalue weighted by atomic mass is 16.5. The highest BCUT2D eigenvalue weighted by molar-refractivity contribution is 6.05. The van der Waals surface area contributed by atoms with Gasteiger partial charge in [-0.25, -0.2) is 0 Å². The summed E-state index contributed by atoms with van der Waals surface area (Å²) in [5.41, 5.74) is -2.23. The molecule has 7 heteroatoms. The first-order valence-corrected chi connectivity index (χ1v) is 15.1. The summed E-state index contributed by atoms with van der Waals surface area (Å²) in [5, 5.41) is 10.0. The van der Waals surface area contributed by atoms with Crippen molar-refractivity contribution in [3.63, 3.8) is 0 Å². The van der Waals surface area contributed by atoms with Crippen molar-refractivity contribution >= 4 is 23.5 Å². The minimum absolute atomic E-state index is 0.0158. The summed E-state index contributed by atoms with van der Waals surface area (Å²) in [6.45, 7) is 14.1. The third kappa shape index (κ3) is 3.81. The zero-order chi connectivity index (χ0) is 30.4. The van der Waals surface area contributed by atoms with E-state index in [0.717, 1.165) is 37.7 Å². The molecule has 0 bridgehead atoms. The van der Waals surface area contributed by atoms with Crippen LogP contribution in [0, 0.1) is 61.6 Å². The molecular formula is C34H45NO6. The first-order valence-electron chi connectivity index (χ1n) is 15.1. The number of hydrogen-bond acceptors (Lipinski definition) is 7. The maximum atomic E-state index is 14.5. The summed E-state index contributed by atoms with van der Waals surface area (Å²) in [4.78, 5) is 53.4. The van der Waals surface area contributed by atoms with Crippen LogP contribution in [0.5, 0.6) is 0 Å². The van der Waals surface area contributed by atoms with E-state index in [2.05, 4.69) is 40.7 Å². The third-order valence-electron chi connectivity index (χ3n) is 12.9. The molecule has 7 nitrogen and oxygen atoms in total. The number of carbonyl (C=O) groups is 4. The fraction of sp³-hybridized carbons (Fsp3) is 0.735. The van der Waals surface area contributed by atoms with E-state index in [0.29, 0.717) is 12.8 Å². The van der Waals surface area contributed by atoms with Crippen LogP contribution in [0.2, 0.25) is 0 Å². The van der Waals surface area contributed by atoms with Gasteiger partial charge in [0.2, 0.25) is 0 Å². The summed E-state index contributed by atoms with van der Waals surface area (Å²) in [6.07, 6.45) is 8.92. The highest BCUT2D eigenvalue weighted by Gasteiger charge is 2.71. The fourth-order valence-corrected chi connectivity index (χ4v) is 10.4. The van der Waals surface area contributed by atoms with Gasteiger partial charge in [-0.2, -0.15) is 5.26 Å². The molecule has 0 N–H and O–H groups in total. The molecular weight excluding hydrogens is 518 g/mol. The quantitative estimate of drug-likeness (QED) is 0.392. The maximum absolute atomic E-state index is 14.5. The van der Waals surface area contributed by atoms with Crippen molar-refractivity contribution in [3.05, 3.63) is 23.3 Å². The van der Waals surface area contributed by atoms with Crippen LogP contribution in [-0.4, -0.2) is 37.2 Å². The number of fused-ring (bicyclic) bond motifs is 7. The summed E-state index contributed by atoms with van der Waals surface area (Å²) in [5.74, 6) is -1.58. The molecule has 0 saturated heterocycles. The average molecular weight is 564 g/mol. The number of ketones is 2. The van der Waals surface area contributed by atoms with Crippen LogP contribution < -0.4 is 0 Å². The molecule has 0 amide bonds. The van der Waals surface area contributed by atoms with Gasteiger partial charge in [-0.15, -0.1) is 0 Å². The van der Waals surface area contributed by atoms with Crippen molar-refractivity contribution < 1.29 is 28.7 Å². The van der Waals surface area contributed by atoms with Gasteiger partial charge in [0, 0.05) is 18.3 Å². The molecule has 222 valence electrons. The normalized spacial score (nSPS) is 44.5. The summed E-state index contributed by atoms with van der Waals surface area (Å²) < 4.78 is 10.8. The molecule has 5 aliphatic carbocycles. The molecule has 5 aliphatic rings. The van der Waals surface area contributed by atoms with Gasteiger partial charge in [0.15, 0.2) is 11.6 Å². The van der Waals surface area contributed by atoms with E-state index in [1.807, 2.05) is 6.08 Å². The number of rotatable bonds is 3. The van der Waals surface area contributed by atoms with Gasteiger partial charge in [-0.3, -0.25) is 19.2 Å². The van der Waals surface area contributed by atoms with Crippen molar-refractivity contribution in [1.82, 2.24) is 0 Å². The Balaban J connectivity index is 1.68. The van der Waals surface area contributed by atoms with E-state index in [4.69, 9.17) is 9.47 Å². The lowest BCUT2D eigenvalue weighted by molar-refractivity contribution is -0.191. The Kier molecular flexibility index (Phi) is 6.62. The SMILES string of the molecule is COC(=O)[C@]12CCC(C)(C)CC1C1C(=O)C=C3[C@@]4(C)C=C(C#N)C(=O)C(C)(COC(C)=O)[C@@H]4CC[C@@]3(C)[C@]1(C)CC2. The second-order valence-corrected chi connectivity index (χ2v) is 15.4. The molecule has 0 aliphatic heterocycles. The predicted octanol–water partition coefficient (Wildman–Crippen LogP) is 5.92. The molecule has 3 saturated carbocycles. The van der Waals surface area contributed by atoms with Gasteiger partial charge in [-0.05, 0) is 86.0 Å². The average Bonchev–Trinajstić information content (AvgIpc) is 2.90. The van der Waals surface area contributed by atoms with Crippen molar-refractivity contribution in [3.8, 4) is 6.07 Å². The van der Waals surface area contributed by atoms with Crippen LogP contribution in [0.15, 0.2) is 23.3 Å². The fourth-order valence-electron chi connectivity index (χ4n) is 10.4. The molecule has 41 heavy (non-hydrogen) atoms. The number of nitrogens with zero attached hydrogens (tertiary/aromatic N) is 1. The largest absolute Gasteiger partial charge is 0.469 e. The molecule has 5 rings (SSSR count). The van der Waals surface area contributed by atoms with Gasteiger partial charge in [0.05, 0.1) is 23.5 Å². The van der Waals surface area contributed by atoms with E-state index in [-0.39, 0.29) is 58.3 Å². The van der Waals surface area contributed by atoms with Gasteiger partial charge < -0.3 is 9.47 Å². The Morgan fingerprint density at radius 2 is 1.68 bits per heavy atom. The Morgan fingerprint density at radius 3 is 2.29 bits per heavy atom. The minimum atomic E-state index is -1.08. The van der Waals surface area contributed by atoms with Crippen LogP contribution in [0.3, 0.4) is 0 Å². The molecule has 0 aromatic heterocycles.